The molecule has 2 aromatic heterocycles. The van der Waals surface area contributed by atoms with Crippen LogP contribution in [0.15, 0.2) is 63.5 Å². The molecule has 6 heteroatoms. The maximum Gasteiger partial charge on any atom is 0.259 e. The van der Waals surface area contributed by atoms with E-state index in [0.29, 0.717) is 23.8 Å². The van der Waals surface area contributed by atoms with E-state index in [0.717, 1.165) is 16.3 Å². The molecule has 130 valence electrons. The monoisotopic (exact) mass is 347 g/mol. The normalized spacial score (nSPS) is 11.0. The number of nitrogen functional groups attached to an aromatic ring is 1. The number of fused-ring (bicyclic) bond motifs is 1. The molecule has 0 fully saturated rings. The smallest absolute Gasteiger partial charge is 0.259 e. The molecule has 6 nitrogen and oxygen atoms in total. The van der Waals surface area contributed by atoms with E-state index in [1.807, 2.05) is 49.4 Å². The Morgan fingerprint density at radius 2 is 1.92 bits per heavy atom. The number of nitrogens with zero attached hydrogens (tertiary/aromatic N) is 1. The van der Waals surface area contributed by atoms with E-state index in [1.54, 1.807) is 12.1 Å². The average Bonchev–Trinajstić information content (AvgIpc) is 3.25. The lowest BCUT2D eigenvalue weighted by Crippen LogP contribution is -2.24. The largest absolute Gasteiger partial charge is 0.460 e. The second-order valence-electron chi connectivity index (χ2n) is 6.00. The minimum Gasteiger partial charge on any atom is -0.460 e. The van der Waals surface area contributed by atoms with Gasteiger partial charge in [0.15, 0.2) is 11.5 Å². The van der Waals surface area contributed by atoms with Crippen LogP contribution in [0.4, 0.5) is 5.88 Å². The number of nitrogens with two attached hydrogens (primary N) is 1. The van der Waals surface area contributed by atoms with Gasteiger partial charge in [0.1, 0.15) is 11.3 Å². The van der Waals surface area contributed by atoms with Crippen molar-refractivity contribution >= 4 is 22.6 Å². The Hall–Kier alpha value is -3.54. The van der Waals surface area contributed by atoms with Crippen molar-refractivity contribution < 1.29 is 13.7 Å². The van der Waals surface area contributed by atoms with Crippen LogP contribution in [0.5, 0.6) is 0 Å². The van der Waals surface area contributed by atoms with Crippen LogP contribution in [0.25, 0.3) is 22.2 Å². The third-order valence-electron chi connectivity index (χ3n) is 4.24. The first kappa shape index (κ1) is 16.0. The van der Waals surface area contributed by atoms with Crippen molar-refractivity contribution in [2.75, 3.05) is 5.73 Å². The van der Waals surface area contributed by atoms with Gasteiger partial charge in [0, 0.05) is 6.54 Å². The van der Waals surface area contributed by atoms with E-state index >= 15 is 0 Å². The van der Waals surface area contributed by atoms with E-state index in [-0.39, 0.29) is 17.4 Å². The summed E-state index contributed by atoms with van der Waals surface area (Å²) in [5, 5.41) is 8.98. The van der Waals surface area contributed by atoms with E-state index in [9.17, 15) is 4.79 Å². The van der Waals surface area contributed by atoms with Crippen LogP contribution < -0.4 is 11.1 Å². The molecule has 4 rings (SSSR count). The van der Waals surface area contributed by atoms with E-state index in [2.05, 4.69) is 10.5 Å². The van der Waals surface area contributed by atoms with Gasteiger partial charge < -0.3 is 20.0 Å². The lowest BCUT2D eigenvalue weighted by atomic mass is 10.0. The standard InChI is InChI=1S/C20H17N3O3/c1-12-9-10-16(25-12)18-17(19(21)26-23-18)20(24)22-11-14-7-4-6-13-5-2-3-8-15(13)14/h2-10H,11,21H2,1H3,(H,22,24). The average molecular weight is 347 g/mol. The van der Waals surface area contributed by atoms with Gasteiger partial charge in [0.25, 0.3) is 5.91 Å². The summed E-state index contributed by atoms with van der Waals surface area (Å²) in [6.45, 7) is 2.18. The van der Waals surface area contributed by atoms with Crippen LogP contribution in [0.3, 0.4) is 0 Å². The van der Waals surface area contributed by atoms with Gasteiger partial charge in [0.2, 0.25) is 5.88 Å². The number of rotatable bonds is 4. The fourth-order valence-corrected chi connectivity index (χ4v) is 2.96. The highest BCUT2D eigenvalue weighted by molar-refractivity contribution is 6.03. The lowest BCUT2D eigenvalue weighted by molar-refractivity contribution is 0.0952. The Kier molecular flexibility index (Phi) is 3.93. The minimum atomic E-state index is -0.360. The lowest BCUT2D eigenvalue weighted by Gasteiger charge is -2.08. The van der Waals surface area contributed by atoms with Gasteiger partial charge in [-0.2, -0.15) is 0 Å². The number of benzene rings is 2. The molecular weight excluding hydrogens is 330 g/mol. The Morgan fingerprint density at radius 1 is 1.12 bits per heavy atom. The first-order chi connectivity index (χ1) is 12.6. The molecule has 0 aliphatic rings. The predicted octanol–water partition coefficient (Wildman–Crippen LogP) is 3.91. The number of nitrogens with one attached hydrogen (secondary N) is 1. The maximum absolute atomic E-state index is 12.7. The predicted molar refractivity (Wildman–Crippen MR) is 98.5 cm³/mol. The molecule has 0 radical (unpaired) electrons. The summed E-state index contributed by atoms with van der Waals surface area (Å²) in [6.07, 6.45) is 0. The van der Waals surface area contributed by atoms with Gasteiger partial charge in [-0.25, -0.2) is 0 Å². The van der Waals surface area contributed by atoms with E-state index in [1.165, 1.54) is 0 Å². The molecule has 0 bridgehead atoms. The molecule has 0 spiro atoms. The highest BCUT2D eigenvalue weighted by Crippen LogP contribution is 2.28. The van der Waals surface area contributed by atoms with Crippen LogP contribution in [0.2, 0.25) is 0 Å². The van der Waals surface area contributed by atoms with Crippen molar-refractivity contribution in [1.29, 1.82) is 0 Å². The Morgan fingerprint density at radius 3 is 2.73 bits per heavy atom. The van der Waals surface area contributed by atoms with Gasteiger partial charge in [-0.3, -0.25) is 4.79 Å². The van der Waals surface area contributed by atoms with E-state index < -0.39 is 0 Å². The van der Waals surface area contributed by atoms with Gasteiger partial charge >= 0.3 is 0 Å². The number of anilines is 1. The van der Waals surface area contributed by atoms with Crippen molar-refractivity contribution in [2.24, 2.45) is 0 Å². The number of aryl methyl sites for hydroxylation is 1. The Balaban J connectivity index is 1.60. The van der Waals surface area contributed by atoms with Crippen molar-refractivity contribution in [3.05, 3.63) is 71.5 Å². The van der Waals surface area contributed by atoms with E-state index in [4.69, 9.17) is 14.7 Å². The number of carbonyl (C=O) groups excluding carboxylic acids is 1. The summed E-state index contributed by atoms with van der Waals surface area (Å²) >= 11 is 0. The third kappa shape index (κ3) is 2.82. The zero-order valence-electron chi connectivity index (χ0n) is 14.2. The van der Waals surface area contributed by atoms with Crippen molar-refractivity contribution in [2.45, 2.75) is 13.5 Å². The maximum atomic E-state index is 12.7. The van der Waals surface area contributed by atoms with Crippen LogP contribution in [0.1, 0.15) is 21.7 Å². The first-order valence-electron chi connectivity index (χ1n) is 8.20. The van der Waals surface area contributed by atoms with Crippen LogP contribution in [-0.2, 0) is 6.54 Å². The molecule has 0 aliphatic heterocycles. The molecule has 0 aliphatic carbocycles. The van der Waals surface area contributed by atoms with Gasteiger partial charge in [0.05, 0.1) is 0 Å². The van der Waals surface area contributed by atoms with Crippen LogP contribution in [-0.4, -0.2) is 11.1 Å². The highest BCUT2D eigenvalue weighted by Gasteiger charge is 2.24. The number of hydrogen-bond donors (Lipinski definition) is 2. The third-order valence-corrected chi connectivity index (χ3v) is 4.24. The topological polar surface area (TPSA) is 94.3 Å². The molecule has 0 saturated heterocycles. The Labute approximate surface area is 149 Å². The number of furan rings is 1. The SMILES string of the molecule is Cc1ccc(-c2noc(N)c2C(=O)NCc2cccc3ccccc23)o1. The van der Waals surface area contributed by atoms with Crippen LogP contribution in [0, 0.1) is 6.92 Å². The molecule has 26 heavy (non-hydrogen) atoms. The molecule has 1 amide bonds. The molecule has 0 saturated carbocycles. The zero-order valence-corrected chi connectivity index (χ0v) is 14.2. The quantitative estimate of drug-likeness (QED) is 0.584. The minimum absolute atomic E-state index is 0.0375. The fourth-order valence-electron chi connectivity index (χ4n) is 2.96. The summed E-state index contributed by atoms with van der Waals surface area (Å²) in [5.74, 6) is 0.757. The number of amides is 1. The van der Waals surface area contributed by atoms with Crippen molar-refractivity contribution in [3.63, 3.8) is 0 Å². The molecule has 0 atom stereocenters. The molecule has 2 aromatic carbocycles. The summed E-state index contributed by atoms with van der Waals surface area (Å²) in [5.41, 5.74) is 7.31. The number of carbonyl (C=O) groups is 1. The molecule has 0 unspecified atom stereocenters. The van der Waals surface area contributed by atoms with Crippen molar-refractivity contribution in [1.82, 2.24) is 10.5 Å². The summed E-state index contributed by atoms with van der Waals surface area (Å²) in [7, 11) is 0. The van der Waals surface area contributed by atoms with Crippen molar-refractivity contribution in [3.8, 4) is 11.5 Å². The van der Waals surface area contributed by atoms with Crippen LogP contribution >= 0.6 is 0 Å². The first-order valence-corrected chi connectivity index (χ1v) is 8.20. The number of hydrogen-bond acceptors (Lipinski definition) is 5. The second kappa shape index (κ2) is 6.40. The molecule has 4 aromatic rings. The fraction of sp³-hybridized carbons (Fsp3) is 0.100. The zero-order chi connectivity index (χ0) is 18.1. The Bertz CT molecular complexity index is 1090. The molecule has 3 N–H and O–H groups in total. The van der Waals surface area contributed by atoms with Gasteiger partial charge in [-0.1, -0.05) is 47.6 Å². The summed E-state index contributed by atoms with van der Waals surface area (Å²) in [6, 6.07) is 17.5. The number of aromatic nitrogens is 1. The summed E-state index contributed by atoms with van der Waals surface area (Å²) < 4.78 is 10.5. The van der Waals surface area contributed by atoms with Gasteiger partial charge in [-0.15, -0.1) is 0 Å². The molecular formula is C20H17N3O3. The molecule has 2 heterocycles. The van der Waals surface area contributed by atoms with Gasteiger partial charge in [-0.05, 0) is 35.4 Å². The second-order valence-corrected chi connectivity index (χ2v) is 6.00. The summed E-state index contributed by atoms with van der Waals surface area (Å²) in [4.78, 5) is 12.7. The highest BCUT2D eigenvalue weighted by atomic mass is 16.5.